The maximum atomic E-state index is 11.4. The lowest BCUT2D eigenvalue weighted by atomic mass is 10.1. The molecule has 11 heavy (non-hydrogen) atoms. The molecule has 0 rings (SSSR count). The average molecular weight is 171 g/mol. The lowest BCUT2D eigenvalue weighted by Gasteiger charge is -2.16. The van der Waals surface area contributed by atoms with Gasteiger partial charge >= 0.3 is 6.36 Å². The molecule has 0 amide bonds. The third-order valence-corrected chi connectivity index (χ3v) is 1.30. The Morgan fingerprint density at radius 2 is 1.82 bits per heavy atom. The fourth-order valence-corrected chi connectivity index (χ4v) is 0.383. The summed E-state index contributed by atoms with van der Waals surface area (Å²) >= 11 is 0. The van der Waals surface area contributed by atoms with Crippen molar-refractivity contribution in [2.24, 2.45) is 11.7 Å². The van der Waals surface area contributed by atoms with Crippen LogP contribution in [0.5, 0.6) is 0 Å². The van der Waals surface area contributed by atoms with E-state index in [1.807, 2.05) is 0 Å². The van der Waals surface area contributed by atoms with Crippen molar-refractivity contribution in [2.75, 3.05) is 6.61 Å². The molecule has 0 spiro atoms. The van der Waals surface area contributed by atoms with Gasteiger partial charge in [-0.05, 0) is 5.92 Å². The van der Waals surface area contributed by atoms with Gasteiger partial charge in [-0.15, -0.1) is 13.2 Å². The Labute approximate surface area is 63.5 Å². The lowest BCUT2D eigenvalue weighted by Crippen LogP contribution is -2.34. The smallest absolute Gasteiger partial charge is 0.325 e. The Morgan fingerprint density at radius 3 is 2.09 bits per heavy atom. The molecule has 0 aromatic carbocycles. The molecule has 5 heteroatoms. The van der Waals surface area contributed by atoms with Gasteiger partial charge in [0.15, 0.2) is 0 Å². The average Bonchev–Trinajstić information content (AvgIpc) is 1.80. The standard InChI is InChI=1S/C6H12F3NO/c1-4(2)5(10)3-11-6(7,8)9/h4-5H,3,10H2,1-2H3/t5-/m1/s1. The minimum atomic E-state index is -4.56. The molecule has 2 nitrogen and oxygen atoms in total. The predicted molar refractivity (Wildman–Crippen MR) is 34.8 cm³/mol. The second kappa shape index (κ2) is 3.92. The zero-order valence-electron chi connectivity index (χ0n) is 6.48. The number of halogens is 3. The van der Waals surface area contributed by atoms with Crippen molar-refractivity contribution >= 4 is 0 Å². The van der Waals surface area contributed by atoms with Crippen LogP contribution >= 0.6 is 0 Å². The van der Waals surface area contributed by atoms with Gasteiger partial charge in [-0.2, -0.15) is 0 Å². The topological polar surface area (TPSA) is 35.2 Å². The van der Waals surface area contributed by atoms with E-state index in [2.05, 4.69) is 4.74 Å². The van der Waals surface area contributed by atoms with Gasteiger partial charge < -0.3 is 5.73 Å². The van der Waals surface area contributed by atoms with Gasteiger partial charge in [0.2, 0.25) is 0 Å². The SMILES string of the molecule is CC(C)[C@H](N)COC(F)(F)F. The largest absolute Gasteiger partial charge is 0.522 e. The number of hydrogen-bond donors (Lipinski definition) is 1. The third kappa shape index (κ3) is 6.12. The monoisotopic (exact) mass is 171 g/mol. The van der Waals surface area contributed by atoms with Crippen LogP contribution in [0, 0.1) is 5.92 Å². The van der Waals surface area contributed by atoms with E-state index in [1.165, 1.54) is 0 Å². The van der Waals surface area contributed by atoms with Crippen molar-refractivity contribution in [1.82, 2.24) is 0 Å². The summed E-state index contributed by atoms with van der Waals surface area (Å²) in [6.45, 7) is 3.01. The highest BCUT2D eigenvalue weighted by atomic mass is 19.4. The van der Waals surface area contributed by atoms with Gasteiger partial charge in [0.05, 0.1) is 6.61 Å². The molecule has 0 bridgehead atoms. The fraction of sp³-hybridized carbons (Fsp3) is 1.00. The van der Waals surface area contributed by atoms with E-state index >= 15 is 0 Å². The summed E-state index contributed by atoms with van der Waals surface area (Å²) in [5.74, 6) is -0.00245. The van der Waals surface area contributed by atoms with Crippen LogP contribution in [0.2, 0.25) is 0 Å². The summed E-state index contributed by atoms with van der Waals surface area (Å²) in [4.78, 5) is 0. The first kappa shape index (κ1) is 10.7. The summed E-state index contributed by atoms with van der Waals surface area (Å²) in [6.07, 6.45) is -4.56. The maximum Gasteiger partial charge on any atom is 0.522 e. The molecule has 0 fully saturated rings. The molecule has 0 saturated heterocycles. The molecule has 0 unspecified atom stereocenters. The van der Waals surface area contributed by atoms with Gasteiger partial charge in [0.25, 0.3) is 0 Å². The first-order valence-corrected chi connectivity index (χ1v) is 3.29. The van der Waals surface area contributed by atoms with Crippen LogP contribution in [0.1, 0.15) is 13.8 Å². The van der Waals surface area contributed by atoms with Gasteiger partial charge in [-0.3, -0.25) is 4.74 Å². The highest BCUT2D eigenvalue weighted by Gasteiger charge is 2.30. The van der Waals surface area contributed by atoms with Crippen molar-refractivity contribution in [3.05, 3.63) is 0 Å². The van der Waals surface area contributed by atoms with E-state index in [1.54, 1.807) is 13.8 Å². The molecule has 0 aromatic heterocycles. The molecule has 0 aliphatic carbocycles. The number of rotatable bonds is 3. The maximum absolute atomic E-state index is 11.4. The molecule has 1 atom stereocenters. The number of nitrogens with two attached hydrogens (primary N) is 1. The summed E-state index contributed by atoms with van der Waals surface area (Å²) in [5.41, 5.74) is 5.30. The van der Waals surface area contributed by atoms with E-state index in [4.69, 9.17) is 5.73 Å². The van der Waals surface area contributed by atoms with Gasteiger partial charge in [0.1, 0.15) is 0 Å². The summed E-state index contributed by atoms with van der Waals surface area (Å²) in [5, 5.41) is 0. The zero-order valence-corrected chi connectivity index (χ0v) is 6.48. The minimum absolute atomic E-state index is 0.00245. The van der Waals surface area contributed by atoms with Crippen LogP contribution < -0.4 is 5.73 Å². The summed E-state index contributed by atoms with van der Waals surface area (Å²) in [6, 6.07) is -0.559. The first-order valence-electron chi connectivity index (χ1n) is 3.29. The van der Waals surface area contributed by atoms with E-state index < -0.39 is 19.0 Å². The van der Waals surface area contributed by atoms with Crippen LogP contribution in [0.15, 0.2) is 0 Å². The lowest BCUT2D eigenvalue weighted by molar-refractivity contribution is -0.326. The van der Waals surface area contributed by atoms with E-state index in [0.717, 1.165) is 0 Å². The van der Waals surface area contributed by atoms with Crippen molar-refractivity contribution in [2.45, 2.75) is 26.3 Å². The van der Waals surface area contributed by atoms with Crippen LogP contribution in [0.4, 0.5) is 13.2 Å². The Balaban J connectivity index is 3.54. The fourth-order valence-electron chi connectivity index (χ4n) is 0.383. The van der Waals surface area contributed by atoms with E-state index in [0.29, 0.717) is 0 Å². The molecule has 0 saturated carbocycles. The summed E-state index contributed by atoms with van der Waals surface area (Å²) < 4.78 is 37.7. The first-order chi connectivity index (χ1) is 4.83. The van der Waals surface area contributed by atoms with Crippen LogP contribution in [-0.4, -0.2) is 19.0 Å². The normalized spacial score (nSPS) is 15.5. The van der Waals surface area contributed by atoms with Crippen molar-refractivity contribution in [1.29, 1.82) is 0 Å². The van der Waals surface area contributed by atoms with E-state index in [-0.39, 0.29) is 5.92 Å². The van der Waals surface area contributed by atoms with Crippen LogP contribution in [0.25, 0.3) is 0 Å². The van der Waals surface area contributed by atoms with Gasteiger partial charge in [-0.1, -0.05) is 13.8 Å². The molecule has 0 aromatic rings. The van der Waals surface area contributed by atoms with Gasteiger partial charge in [0, 0.05) is 6.04 Å². The Hall–Kier alpha value is -0.290. The second-order valence-corrected chi connectivity index (χ2v) is 2.66. The van der Waals surface area contributed by atoms with Gasteiger partial charge in [-0.25, -0.2) is 0 Å². The zero-order chi connectivity index (χ0) is 9.07. The molecule has 0 heterocycles. The highest BCUT2D eigenvalue weighted by molar-refractivity contribution is 4.63. The quantitative estimate of drug-likeness (QED) is 0.698. The van der Waals surface area contributed by atoms with Crippen LogP contribution in [-0.2, 0) is 4.74 Å². The molecular formula is C6H12F3NO. The van der Waals surface area contributed by atoms with E-state index in [9.17, 15) is 13.2 Å². The Kier molecular flexibility index (Phi) is 3.82. The van der Waals surface area contributed by atoms with Crippen LogP contribution in [0.3, 0.4) is 0 Å². The highest BCUT2D eigenvalue weighted by Crippen LogP contribution is 2.16. The molecule has 2 N–H and O–H groups in total. The van der Waals surface area contributed by atoms with Crippen molar-refractivity contribution in [3.8, 4) is 0 Å². The van der Waals surface area contributed by atoms with Crippen molar-refractivity contribution < 1.29 is 17.9 Å². The molecule has 0 aliphatic heterocycles. The minimum Gasteiger partial charge on any atom is -0.325 e. The predicted octanol–water partition coefficient (Wildman–Crippen LogP) is 1.51. The molecule has 0 aliphatic rings. The number of ether oxygens (including phenoxy) is 1. The molecule has 0 radical (unpaired) electrons. The Bertz CT molecular complexity index is 113. The number of alkyl halides is 3. The number of hydrogen-bond acceptors (Lipinski definition) is 2. The summed E-state index contributed by atoms with van der Waals surface area (Å²) in [7, 11) is 0. The Morgan fingerprint density at radius 1 is 1.36 bits per heavy atom. The molecule has 68 valence electrons. The molecular weight excluding hydrogens is 159 g/mol. The van der Waals surface area contributed by atoms with Crippen molar-refractivity contribution in [3.63, 3.8) is 0 Å². The third-order valence-electron chi connectivity index (χ3n) is 1.30. The second-order valence-electron chi connectivity index (χ2n) is 2.66.